The van der Waals surface area contributed by atoms with Gasteiger partial charge in [0.15, 0.2) is 0 Å². The Balaban J connectivity index is 1.58. The molecule has 10 heteroatoms. The van der Waals surface area contributed by atoms with Gasteiger partial charge in [-0.3, -0.25) is 4.79 Å². The molecule has 29 heavy (non-hydrogen) atoms. The third kappa shape index (κ3) is 4.02. The van der Waals surface area contributed by atoms with E-state index in [1.807, 2.05) is 31.2 Å². The molecule has 0 bridgehead atoms. The van der Waals surface area contributed by atoms with E-state index >= 15 is 0 Å². The SMILES string of the molecule is Cc1ccc(-c2noc(C3Cc4nc[nH]c4CN3C(=O)COCC(=O)O)n2)cc1. The first-order chi connectivity index (χ1) is 14.0. The molecule has 1 amide bonds. The summed E-state index contributed by atoms with van der Waals surface area (Å²) >= 11 is 0. The van der Waals surface area contributed by atoms with Gasteiger partial charge in [0.25, 0.3) is 0 Å². The predicted molar refractivity (Wildman–Crippen MR) is 98.5 cm³/mol. The molecule has 4 rings (SSSR count). The van der Waals surface area contributed by atoms with Gasteiger partial charge in [-0.05, 0) is 6.92 Å². The summed E-state index contributed by atoms with van der Waals surface area (Å²) in [6.45, 7) is 1.35. The average Bonchev–Trinajstić information content (AvgIpc) is 3.36. The van der Waals surface area contributed by atoms with E-state index in [1.54, 1.807) is 6.33 Å². The summed E-state index contributed by atoms with van der Waals surface area (Å²) in [7, 11) is 0. The number of aromatic amines is 1. The number of H-pyrrole nitrogens is 1. The van der Waals surface area contributed by atoms with Crippen LogP contribution in [0.3, 0.4) is 0 Å². The number of hydrogen-bond donors (Lipinski definition) is 2. The van der Waals surface area contributed by atoms with Gasteiger partial charge >= 0.3 is 5.97 Å². The number of carbonyl (C=O) groups excluding carboxylic acids is 1. The maximum Gasteiger partial charge on any atom is 0.329 e. The van der Waals surface area contributed by atoms with E-state index in [9.17, 15) is 9.59 Å². The number of ether oxygens (including phenoxy) is 1. The molecule has 1 aliphatic heterocycles. The van der Waals surface area contributed by atoms with Crippen LogP contribution in [0.5, 0.6) is 0 Å². The van der Waals surface area contributed by atoms with E-state index in [-0.39, 0.29) is 19.1 Å². The maximum absolute atomic E-state index is 12.7. The van der Waals surface area contributed by atoms with E-state index in [0.29, 0.717) is 18.1 Å². The van der Waals surface area contributed by atoms with Crippen LogP contribution in [0.15, 0.2) is 35.1 Å². The minimum absolute atomic E-state index is 0.261. The second-order valence-electron chi connectivity index (χ2n) is 6.78. The van der Waals surface area contributed by atoms with Gasteiger partial charge in [0.1, 0.15) is 19.3 Å². The fraction of sp³-hybridized carbons (Fsp3) is 0.316. The van der Waals surface area contributed by atoms with Crippen LogP contribution in [-0.4, -0.2) is 55.2 Å². The van der Waals surface area contributed by atoms with Gasteiger partial charge in [-0.1, -0.05) is 35.0 Å². The molecule has 0 saturated heterocycles. The Morgan fingerprint density at radius 1 is 1.31 bits per heavy atom. The largest absolute Gasteiger partial charge is 0.480 e. The van der Waals surface area contributed by atoms with Gasteiger partial charge < -0.3 is 24.3 Å². The topological polar surface area (TPSA) is 134 Å². The molecule has 1 aliphatic rings. The molecule has 2 N–H and O–H groups in total. The molecule has 0 fully saturated rings. The zero-order valence-corrected chi connectivity index (χ0v) is 15.7. The predicted octanol–water partition coefficient (Wildman–Crippen LogP) is 1.50. The number of fused-ring (bicyclic) bond motifs is 1. The lowest BCUT2D eigenvalue weighted by molar-refractivity contribution is -0.147. The van der Waals surface area contributed by atoms with Crippen molar-refractivity contribution in [2.45, 2.75) is 25.9 Å². The monoisotopic (exact) mass is 397 g/mol. The number of nitrogens with zero attached hydrogens (tertiary/aromatic N) is 4. The molecule has 1 unspecified atom stereocenters. The minimum atomic E-state index is -1.14. The summed E-state index contributed by atoms with van der Waals surface area (Å²) in [6.07, 6.45) is 1.97. The lowest BCUT2D eigenvalue weighted by Gasteiger charge is -2.32. The number of carboxylic acids is 1. The molecule has 3 aromatic rings. The molecule has 0 aliphatic carbocycles. The van der Waals surface area contributed by atoms with Crippen LogP contribution in [0.25, 0.3) is 11.4 Å². The third-order valence-electron chi connectivity index (χ3n) is 4.71. The Morgan fingerprint density at radius 2 is 2.10 bits per heavy atom. The molecule has 10 nitrogen and oxygen atoms in total. The van der Waals surface area contributed by atoms with Crippen LogP contribution in [0.2, 0.25) is 0 Å². The molecule has 0 saturated carbocycles. The molecule has 1 atom stereocenters. The number of amides is 1. The Bertz CT molecular complexity index is 1030. The minimum Gasteiger partial charge on any atom is -0.480 e. The fourth-order valence-electron chi connectivity index (χ4n) is 3.22. The van der Waals surface area contributed by atoms with Gasteiger partial charge in [0.2, 0.25) is 17.6 Å². The number of carboxylic acid groups (broad SMARTS) is 1. The summed E-state index contributed by atoms with van der Waals surface area (Å²) in [5, 5.41) is 12.8. The molecule has 1 aromatic carbocycles. The maximum atomic E-state index is 12.7. The zero-order valence-electron chi connectivity index (χ0n) is 15.7. The molecular weight excluding hydrogens is 378 g/mol. The van der Waals surface area contributed by atoms with Crippen molar-refractivity contribution < 1.29 is 24.0 Å². The van der Waals surface area contributed by atoms with E-state index in [1.165, 1.54) is 4.90 Å². The Labute approximate surface area is 165 Å². The van der Waals surface area contributed by atoms with Crippen LogP contribution >= 0.6 is 0 Å². The number of imidazole rings is 1. The highest BCUT2D eigenvalue weighted by atomic mass is 16.5. The van der Waals surface area contributed by atoms with Gasteiger partial charge in [-0.15, -0.1) is 0 Å². The molecule has 3 heterocycles. The standard InChI is InChI=1S/C19H19N5O5/c1-11-2-4-12(5-3-11)18-22-19(29-23-18)15-6-13-14(21-10-20-13)7-24(15)16(25)8-28-9-17(26)27/h2-5,10,15H,6-9H2,1H3,(H,20,21)(H,26,27). The smallest absolute Gasteiger partial charge is 0.329 e. The number of carbonyl (C=O) groups is 2. The van der Waals surface area contributed by atoms with Crippen molar-refractivity contribution in [2.24, 2.45) is 0 Å². The van der Waals surface area contributed by atoms with Gasteiger partial charge in [-0.25, -0.2) is 9.78 Å². The quantitative estimate of drug-likeness (QED) is 0.639. The van der Waals surface area contributed by atoms with E-state index in [0.717, 1.165) is 22.5 Å². The number of aromatic nitrogens is 4. The van der Waals surface area contributed by atoms with Crippen LogP contribution in [0, 0.1) is 6.92 Å². The Hall–Kier alpha value is -3.53. The van der Waals surface area contributed by atoms with Gasteiger partial charge in [0, 0.05) is 12.0 Å². The lowest BCUT2D eigenvalue weighted by Crippen LogP contribution is -2.41. The molecule has 2 aromatic heterocycles. The third-order valence-corrected chi connectivity index (χ3v) is 4.71. The first kappa shape index (κ1) is 18.8. The average molecular weight is 397 g/mol. The van der Waals surface area contributed by atoms with Crippen molar-refractivity contribution >= 4 is 11.9 Å². The van der Waals surface area contributed by atoms with Crippen LogP contribution in [0.4, 0.5) is 0 Å². The van der Waals surface area contributed by atoms with Gasteiger partial charge in [0.05, 0.1) is 24.3 Å². The summed E-state index contributed by atoms with van der Waals surface area (Å²) in [5.41, 5.74) is 3.56. The van der Waals surface area contributed by atoms with Crippen molar-refractivity contribution in [1.29, 1.82) is 0 Å². The number of hydrogen-bond acceptors (Lipinski definition) is 7. The van der Waals surface area contributed by atoms with Crippen molar-refractivity contribution in [3.63, 3.8) is 0 Å². The Morgan fingerprint density at radius 3 is 2.86 bits per heavy atom. The van der Waals surface area contributed by atoms with E-state index in [4.69, 9.17) is 14.4 Å². The highest BCUT2D eigenvalue weighted by Crippen LogP contribution is 2.32. The normalized spacial score (nSPS) is 15.9. The van der Waals surface area contributed by atoms with Crippen molar-refractivity contribution in [3.8, 4) is 11.4 Å². The van der Waals surface area contributed by atoms with Crippen LogP contribution in [0.1, 0.15) is 28.9 Å². The summed E-state index contributed by atoms with van der Waals surface area (Å²) in [5.74, 6) is -0.779. The first-order valence-corrected chi connectivity index (χ1v) is 9.02. The summed E-state index contributed by atoms with van der Waals surface area (Å²) in [6, 6.07) is 7.20. The number of aryl methyl sites for hydroxylation is 1. The fourth-order valence-corrected chi connectivity index (χ4v) is 3.22. The van der Waals surface area contributed by atoms with Crippen molar-refractivity contribution in [3.05, 3.63) is 53.4 Å². The highest BCUT2D eigenvalue weighted by Gasteiger charge is 2.36. The molecule has 150 valence electrons. The zero-order chi connectivity index (χ0) is 20.4. The first-order valence-electron chi connectivity index (χ1n) is 9.02. The van der Waals surface area contributed by atoms with E-state index < -0.39 is 18.6 Å². The molecular formula is C19H19N5O5. The summed E-state index contributed by atoms with van der Waals surface area (Å²) in [4.78, 5) is 36.7. The lowest BCUT2D eigenvalue weighted by atomic mass is 10.0. The van der Waals surface area contributed by atoms with Crippen molar-refractivity contribution in [2.75, 3.05) is 13.2 Å². The number of nitrogens with one attached hydrogen (secondary N) is 1. The molecule has 0 spiro atoms. The second-order valence-corrected chi connectivity index (χ2v) is 6.78. The van der Waals surface area contributed by atoms with Gasteiger partial charge in [-0.2, -0.15) is 4.98 Å². The number of rotatable bonds is 6. The highest BCUT2D eigenvalue weighted by molar-refractivity contribution is 5.78. The van der Waals surface area contributed by atoms with Crippen LogP contribution in [-0.2, 0) is 27.3 Å². The summed E-state index contributed by atoms with van der Waals surface area (Å²) < 4.78 is 10.4. The Kier molecular flexibility index (Phi) is 5.09. The van der Waals surface area contributed by atoms with Crippen molar-refractivity contribution in [1.82, 2.24) is 25.0 Å². The van der Waals surface area contributed by atoms with Crippen LogP contribution < -0.4 is 0 Å². The second kappa shape index (κ2) is 7.84. The molecule has 0 radical (unpaired) electrons. The van der Waals surface area contributed by atoms with E-state index in [2.05, 4.69) is 20.1 Å². The number of benzene rings is 1. The number of aliphatic carboxylic acids is 1.